The SMILES string of the molecule is O[C@H]1CCCCC1N1CCN(C2CCCCC2)CC1. The first-order chi connectivity index (χ1) is 9.34. The molecule has 2 aliphatic carbocycles. The van der Waals surface area contributed by atoms with Crippen LogP contribution in [0.25, 0.3) is 0 Å². The third kappa shape index (κ3) is 3.32. The maximum absolute atomic E-state index is 10.2. The van der Waals surface area contributed by atoms with Gasteiger partial charge in [-0.25, -0.2) is 0 Å². The first-order valence-electron chi connectivity index (χ1n) is 8.51. The van der Waals surface area contributed by atoms with E-state index in [1.54, 1.807) is 0 Å². The monoisotopic (exact) mass is 266 g/mol. The lowest BCUT2D eigenvalue weighted by atomic mass is 9.90. The molecular formula is C16H30N2O. The highest BCUT2D eigenvalue weighted by Crippen LogP contribution is 2.27. The van der Waals surface area contributed by atoms with Crippen molar-refractivity contribution >= 4 is 0 Å². The van der Waals surface area contributed by atoms with Gasteiger partial charge in [0.15, 0.2) is 0 Å². The molecule has 3 fully saturated rings. The molecule has 1 aliphatic heterocycles. The van der Waals surface area contributed by atoms with Crippen molar-refractivity contribution in [1.29, 1.82) is 0 Å². The maximum Gasteiger partial charge on any atom is 0.0695 e. The molecule has 0 bridgehead atoms. The number of piperazine rings is 1. The molecule has 1 heterocycles. The summed E-state index contributed by atoms with van der Waals surface area (Å²) in [6.07, 6.45) is 11.9. The van der Waals surface area contributed by atoms with E-state index in [2.05, 4.69) is 9.80 Å². The van der Waals surface area contributed by atoms with E-state index in [-0.39, 0.29) is 6.10 Å². The van der Waals surface area contributed by atoms with Crippen molar-refractivity contribution < 1.29 is 5.11 Å². The molecule has 0 radical (unpaired) electrons. The molecule has 0 aromatic heterocycles. The van der Waals surface area contributed by atoms with Gasteiger partial charge < -0.3 is 5.11 Å². The Morgan fingerprint density at radius 1 is 0.632 bits per heavy atom. The van der Waals surface area contributed by atoms with Crippen molar-refractivity contribution in [3.63, 3.8) is 0 Å². The van der Waals surface area contributed by atoms with E-state index in [4.69, 9.17) is 0 Å². The van der Waals surface area contributed by atoms with E-state index in [0.29, 0.717) is 6.04 Å². The van der Waals surface area contributed by atoms with Crippen LogP contribution in [0.5, 0.6) is 0 Å². The van der Waals surface area contributed by atoms with Gasteiger partial charge in [0.25, 0.3) is 0 Å². The molecule has 3 heteroatoms. The molecule has 2 atom stereocenters. The second-order valence-corrected chi connectivity index (χ2v) is 6.78. The Morgan fingerprint density at radius 3 is 1.89 bits per heavy atom. The molecule has 2 saturated carbocycles. The molecule has 1 unspecified atom stereocenters. The number of nitrogens with zero attached hydrogens (tertiary/aromatic N) is 2. The Hall–Kier alpha value is -0.120. The lowest BCUT2D eigenvalue weighted by Gasteiger charge is -2.45. The summed E-state index contributed by atoms with van der Waals surface area (Å²) in [4.78, 5) is 5.30. The van der Waals surface area contributed by atoms with Gasteiger partial charge in [0, 0.05) is 38.3 Å². The molecule has 0 aromatic rings. The highest BCUT2D eigenvalue weighted by molar-refractivity contribution is 4.88. The van der Waals surface area contributed by atoms with Gasteiger partial charge in [0.1, 0.15) is 0 Å². The molecule has 0 aromatic carbocycles. The normalized spacial score (nSPS) is 36.5. The van der Waals surface area contributed by atoms with Gasteiger partial charge in [-0.3, -0.25) is 9.80 Å². The minimum atomic E-state index is -0.0602. The van der Waals surface area contributed by atoms with Gasteiger partial charge in [0.2, 0.25) is 0 Å². The van der Waals surface area contributed by atoms with Crippen LogP contribution in [0.3, 0.4) is 0 Å². The second-order valence-electron chi connectivity index (χ2n) is 6.78. The smallest absolute Gasteiger partial charge is 0.0695 e. The van der Waals surface area contributed by atoms with Gasteiger partial charge >= 0.3 is 0 Å². The zero-order valence-corrected chi connectivity index (χ0v) is 12.3. The predicted molar refractivity (Wildman–Crippen MR) is 78.3 cm³/mol. The predicted octanol–water partition coefficient (Wildman–Crippen LogP) is 2.24. The summed E-state index contributed by atoms with van der Waals surface area (Å²) in [5.74, 6) is 0. The highest BCUT2D eigenvalue weighted by atomic mass is 16.3. The van der Waals surface area contributed by atoms with E-state index < -0.39 is 0 Å². The maximum atomic E-state index is 10.2. The molecule has 0 amide bonds. The number of hydrogen-bond donors (Lipinski definition) is 1. The minimum Gasteiger partial charge on any atom is -0.391 e. The molecule has 1 saturated heterocycles. The third-order valence-electron chi connectivity index (χ3n) is 5.60. The van der Waals surface area contributed by atoms with Crippen LogP contribution in [0.2, 0.25) is 0 Å². The molecule has 3 aliphatic rings. The molecular weight excluding hydrogens is 236 g/mol. The summed E-state index contributed by atoms with van der Waals surface area (Å²) in [7, 11) is 0. The van der Waals surface area contributed by atoms with Crippen LogP contribution in [-0.2, 0) is 0 Å². The van der Waals surface area contributed by atoms with Gasteiger partial charge in [-0.15, -0.1) is 0 Å². The number of hydrogen-bond acceptors (Lipinski definition) is 3. The second kappa shape index (κ2) is 6.55. The average Bonchev–Trinajstić information content (AvgIpc) is 2.49. The molecule has 1 N–H and O–H groups in total. The summed E-state index contributed by atoms with van der Waals surface area (Å²) in [5, 5.41) is 10.2. The Kier molecular flexibility index (Phi) is 4.78. The topological polar surface area (TPSA) is 26.7 Å². The van der Waals surface area contributed by atoms with Crippen molar-refractivity contribution in [2.24, 2.45) is 0 Å². The number of aliphatic hydroxyl groups is 1. The third-order valence-corrected chi connectivity index (χ3v) is 5.60. The average molecular weight is 266 g/mol. The van der Waals surface area contributed by atoms with Crippen molar-refractivity contribution in [2.75, 3.05) is 26.2 Å². The summed E-state index contributed by atoms with van der Waals surface area (Å²) >= 11 is 0. The van der Waals surface area contributed by atoms with Crippen LogP contribution >= 0.6 is 0 Å². The van der Waals surface area contributed by atoms with Crippen molar-refractivity contribution in [3.05, 3.63) is 0 Å². The van der Waals surface area contributed by atoms with Gasteiger partial charge in [-0.05, 0) is 25.7 Å². The molecule has 110 valence electrons. The summed E-state index contributed by atoms with van der Waals surface area (Å²) in [6, 6.07) is 1.33. The largest absolute Gasteiger partial charge is 0.391 e. The van der Waals surface area contributed by atoms with E-state index in [1.807, 2.05) is 0 Å². The molecule has 3 nitrogen and oxygen atoms in total. The number of aliphatic hydroxyl groups excluding tert-OH is 1. The van der Waals surface area contributed by atoms with E-state index in [9.17, 15) is 5.11 Å². The van der Waals surface area contributed by atoms with Crippen LogP contribution in [0.1, 0.15) is 57.8 Å². The first-order valence-corrected chi connectivity index (χ1v) is 8.51. The van der Waals surface area contributed by atoms with E-state index in [0.717, 1.165) is 12.5 Å². The number of rotatable bonds is 2. The van der Waals surface area contributed by atoms with E-state index in [1.165, 1.54) is 77.5 Å². The van der Waals surface area contributed by atoms with Crippen LogP contribution in [0.15, 0.2) is 0 Å². The Morgan fingerprint density at radius 2 is 1.21 bits per heavy atom. The van der Waals surface area contributed by atoms with Crippen molar-refractivity contribution in [2.45, 2.75) is 76.0 Å². The van der Waals surface area contributed by atoms with Crippen LogP contribution < -0.4 is 0 Å². The van der Waals surface area contributed by atoms with E-state index >= 15 is 0 Å². The Labute approximate surface area is 118 Å². The Bertz CT molecular complexity index is 270. The van der Waals surface area contributed by atoms with Crippen LogP contribution in [0, 0.1) is 0 Å². The van der Waals surface area contributed by atoms with Gasteiger partial charge in [0.05, 0.1) is 6.10 Å². The zero-order chi connectivity index (χ0) is 13.1. The summed E-state index contributed by atoms with van der Waals surface area (Å²) in [5.41, 5.74) is 0. The standard InChI is InChI=1S/C16H30N2O/c19-16-9-5-4-8-15(16)18-12-10-17(11-13-18)14-6-2-1-3-7-14/h14-16,19H,1-13H2/t15?,16-/m0/s1. The lowest BCUT2D eigenvalue weighted by molar-refractivity contribution is -0.0136. The van der Waals surface area contributed by atoms with Crippen molar-refractivity contribution in [3.8, 4) is 0 Å². The minimum absolute atomic E-state index is 0.0602. The molecule has 3 rings (SSSR count). The summed E-state index contributed by atoms with van der Waals surface area (Å²) in [6.45, 7) is 4.82. The Balaban J connectivity index is 1.48. The quantitative estimate of drug-likeness (QED) is 0.830. The highest BCUT2D eigenvalue weighted by Gasteiger charge is 2.32. The fourth-order valence-corrected chi connectivity index (χ4v) is 4.40. The fourth-order valence-electron chi connectivity index (χ4n) is 4.40. The van der Waals surface area contributed by atoms with Crippen molar-refractivity contribution in [1.82, 2.24) is 9.80 Å². The lowest BCUT2D eigenvalue weighted by Crippen LogP contribution is -2.56. The van der Waals surface area contributed by atoms with Crippen LogP contribution in [-0.4, -0.2) is 59.3 Å². The summed E-state index contributed by atoms with van der Waals surface area (Å²) < 4.78 is 0. The first kappa shape index (κ1) is 13.8. The molecule has 0 spiro atoms. The fraction of sp³-hybridized carbons (Fsp3) is 1.00. The van der Waals surface area contributed by atoms with Gasteiger partial charge in [-0.2, -0.15) is 0 Å². The molecule has 19 heavy (non-hydrogen) atoms. The van der Waals surface area contributed by atoms with Crippen LogP contribution in [0.4, 0.5) is 0 Å². The zero-order valence-electron chi connectivity index (χ0n) is 12.3. The van der Waals surface area contributed by atoms with Gasteiger partial charge in [-0.1, -0.05) is 32.1 Å².